The van der Waals surface area contributed by atoms with E-state index in [2.05, 4.69) is 63.6 Å². The van der Waals surface area contributed by atoms with Crippen LogP contribution in [0.4, 0.5) is 11.4 Å². The van der Waals surface area contributed by atoms with Gasteiger partial charge in [0, 0.05) is 49.1 Å². The molecule has 0 aliphatic carbocycles. The molecule has 2 aliphatic heterocycles. The second-order valence-electron chi connectivity index (χ2n) is 5.78. The van der Waals surface area contributed by atoms with Gasteiger partial charge >= 0.3 is 0 Å². The molecule has 114 valence electrons. The van der Waals surface area contributed by atoms with Crippen molar-refractivity contribution in [3.05, 3.63) is 48.5 Å². The SMILES string of the molecule is c1ccc2c(c1)Sc1ccccc1N2CCN1CCNCC1. The Morgan fingerprint density at radius 3 is 2.05 bits per heavy atom. The van der Waals surface area contributed by atoms with Crippen LogP contribution in [0.5, 0.6) is 0 Å². The maximum Gasteiger partial charge on any atom is 0.0553 e. The fraction of sp³-hybridized carbons (Fsp3) is 0.333. The summed E-state index contributed by atoms with van der Waals surface area (Å²) in [6.45, 7) is 6.72. The first-order valence-electron chi connectivity index (χ1n) is 7.98. The number of para-hydroxylation sites is 2. The predicted octanol–water partition coefficient (Wildman–Crippen LogP) is 3.19. The Morgan fingerprint density at radius 1 is 0.818 bits per heavy atom. The van der Waals surface area contributed by atoms with Gasteiger partial charge in [-0.25, -0.2) is 0 Å². The highest BCUT2D eigenvalue weighted by Crippen LogP contribution is 2.47. The predicted molar refractivity (Wildman–Crippen MR) is 93.3 cm³/mol. The van der Waals surface area contributed by atoms with Gasteiger partial charge in [0.25, 0.3) is 0 Å². The zero-order valence-electron chi connectivity index (χ0n) is 12.7. The van der Waals surface area contributed by atoms with Crippen molar-refractivity contribution >= 4 is 23.1 Å². The molecule has 0 aromatic heterocycles. The monoisotopic (exact) mass is 311 g/mol. The van der Waals surface area contributed by atoms with Crippen molar-refractivity contribution in [2.75, 3.05) is 44.2 Å². The van der Waals surface area contributed by atoms with Crippen LogP contribution < -0.4 is 10.2 Å². The van der Waals surface area contributed by atoms with E-state index in [9.17, 15) is 0 Å². The van der Waals surface area contributed by atoms with Gasteiger partial charge in [0.05, 0.1) is 11.4 Å². The van der Waals surface area contributed by atoms with Crippen LogP contribution in [0.1, 0.15) is 0 Å². The number of anilines is 2. The van der Waals surface area contributed by atoms with Gasteiger partial charge in [-0.15, -0.1) is 0 Å². The molecule has 0 atom stereocenters. The number of fused-ring (bicyclic) bond motifs is 2. The van der Waals surface area contributed by atoms with E-state index in [0.29, 0.717) is 0 Å². The highest BCUT2D eigenvalue weighted by atomic mass is 32.2. The summed E-state index contributed by atoms with van der Waals surface area (Å²) >= 11 is 1.88. The average molecular weight is 311 g/mol. The van der Waals surface area contributed by atoms with E-state index in [1.54, 1.807) is 0 Å². The number of nitrogens with zero attached hydrogens (tertiary/aromatic N) is 2. The van der Waals surface area contributed by atoms with Crippen molar-refractivity contribution in [1.82, 2.24) is 10.2 Å². The second-order valence-corrected chi connectivity index (χ2v) is 6.86. The summed E-state index contributed by atoms with van der Waals surface area (Å²) in [5.74, 6) is 0. The third kappa shape index (κ3) is 2.74. The lowest BCUT2D eigenvalue weighted by atomic mass is 10.2. The summed E-state index contributed by atoms with van der Waals surface area (Å²) in [5.41, 5.74) is 2.70. The molecule has 2 aromatic carbocycles. The average Bonchev–Trinajstić information content (AvgIpc) is 2.59. The van der Waals surface area contributed by atoms with Gasteiger partial charge < -0.3 is 10.2 Å². The minimum Gasteiger partial charge on any atom is -0.338 e. The Kier molecular flexibility index (Phi) is 4.06. The fourth-order valence-electron chi connectivity index (χ4n) is 3.20. The molecular weight excluding hydrogens is 290 g/mol. The summed E-state index contributed by atoms with van der Waals surface area (Å²) in [5, 5.41) is 3.43. The molecule has 2 aliphatic rings. The lowest BCUT2D eigenvalue weighted by molar-refractivity contribution is 0.247. The van der Waals surface area contributed by atoms with E-state index in [1.165, 1.54) is 21.2 Å². The molecule has 0 unspecified atom stereocenters. The molecule has 4 rings (SSSR count). The van der Waals surface area contributed by atoms with E-state index < -0.39 is 0 Å². The van der Waals surface area contributed by atoms with Gasteiger partial charge in [-0.1, -0.05) is 36.0 Å². The largest absolute Gasteiger partial charge is 0.338 e. The third-order valence-electron chi connectivity index (χ3n) is 4.38. The molecule has 0 saturated carbocycles. The molecule has 0 amide bonds. The van der Waals surface area contributed by atoms with E-state index in [1.807, 2.05) is 11.8 Å². The van der Waals surface area contributed by atoms with Crippen LogP contribution in [-0.2, 0) is 0 Å². The molecule has 3 nitrogen and oxygen atoms in total. The molecule has 2 heterocycles. The summed E-state index contributed by atoms with van der Waals surface area (Å²) in [7, 11) is 0. The number of hydrogen-bond donors (Lipinski definition) is 1. The van der Waals surface area contributed by atoms with Gasteiger partial charge in [-0.05, 0) is 24.3 Å². The van der Waals surface area contributed by atoms with E-state index in [-0.39, 0.29) is 0 Å². The molecule has 2 aromatic rings. The van der Waals surface area contributed by atoms with Crippen LogP contribution in [0.3, 0.4) is 0 Å². The molecule has 1 saturated heterocycles. The lowest BCUT2D eigenvalue weighted by Crippen LogP contribution is -2.46. The molecule has 0 radical (unpaired) electrons. The van der Waals surface area contributed by atoms with Gasteiger partial charge in [0.2, 0.25) is 0 Å². The lowest BCUT2D eigenvalue weighted by Gasteiger charge is -2.35. The molecular formula is C18H21N3S. The molecule has 1 N–H and O–H groups in total. The topological polar surface area (TPSA) is 18.5 Å². The van der Waals surface area contributed by atoms with E-state index in [0.717, 1.165) is 39.3 Å². The molecule has 1 fully saturated rings. The Labute approximate surface area is 136 Å². The number of benzene rings is 2. The quantitative estimate of drug-likeness (QED) is 0.938. The van der Waals surface area contributed by atoms with Crippen LogP contribution in [0, 0.1) is 0 Å². The first kappa shape index (κ1) is 14.1. The number of rotatable bonds is 3. The summed E-state index contributed by atoms with van der Waals surface area (Å²) < 4.78 is 0. The van der Waals surface area contributed by atoms with Crippen LogP contribution in [0.15, 0.2) is 58.3 Å². The van der Waals surface area contributed by atoms with E-state index >= 15 is 0 Å². The summed E-state index contributed by atoms with van der Waals surface area (Å²) in [6.07, 6.45) is 0. The number of piperazine rings is 1. The van der Waals surface area contributed by atoms with Crippen molar-refractivity contribution in [2.24, 2.45) is 0 Å². The summed E-state index contributed by atoms with van der Waals surface area (Å²) in [6, 6.07) is 17.5. The van der Waals surface area contributed by atoms with Gasteiger partial charge in [-0.3, -0.25) is 4.90 Å². The minimum atomic E-state index is 1.05. The van der Waals surface area contributed by atoms with Crippen molar-refractivity contribution in [1.29, 1.82) is 0 Å². The highest BCUT2D eigenvalue weighted by Gasteiger charge is 2.23. The molecule has 0 bridgehead atoms. The first-order chi connectivity index (χ1) is 10.9. The minimum absolute atomic E-state index is 1.05. The summed E-state index contributed by atoms with van der Waals surface area (Å²) in [4.78, 5) is 7.77. The Morgan fingerprint density at radius 2 is 1.41 bits per heavy atom. The van der Waals surface area contributed by atoms with Gasteiger partial charge in [0.1, 0.15) is 0 Å². The zero-order valence-corrected chi connectivity index (χ0v) is 13.5. The van der Waals surface area contributed by atoms with Crippen molar-refractivity contribution in [2.45, 2.75) is 9.79 Å². The van der Waals surface area contributed by atoms with Gasteiger partial charge in [0.15, 0.2) is 0 Å². The van der Waals surface area contributed by atoms with Crippen LogP contribution in [0.25, 0.3) is 0 Å². The molecule has 4 heteroatoms. The van der Waals surface area contributed by atoms with E-state index in [4.69, 9.17) is 0 Å². The van der Waals surface area contributed by atoms with Crippen LogP contribution in [0.2, 0.25) is 0 Å². The third-order valence-corrected chi connectivity index (χ3v) is 5.51. The van der Waals surface area contributed by atoms with Crippen molar-refractivity contribution < 1.29 is 0 Å². The first-order valence-corrected chi connectivity index (χ1v) is 8.80. The maximum absolute atomic E-state index is 3.43. The normalized spacial score (nSPS) is 17.9. The second kappa shape index (κ2) is 6.32. The molecule has 22 heavy (non-hydrogen) atoms. The van der Waals surface area contributed by atoms with Crippen molar-refractivity contribution in [3.8, 4) is 0 Å². The Bertz CT molecular complexity index is 607. The smallest absolute Gasteiger partial charge is 0.0553 e. The molecule has 0 spiro atoms. The number of nitrogens with one attached hydrogen (secondary N) is 1. The van der Waals surface area contributed by atoms with Crippen LogP contribution >= 0.6 is 11.8 Å². The number of hydrogen-bond acceptors (Lipinski definition) is 4. The Hall–Kier alpha value is -1.49. The standard InChI is InChI=1S/C18H21N3S/c1-3-7-17-15(5-1)21(14-13-20-11-9-19-10-12-20)16-6-2-4-8-18(16)22-17/h1-8,19H,9-14H2. The Balaban J connectivity index is 1.60. The fourth-order valence-corrected chi connectivity index (χ4v) is 4.29. The van der Waals surface area contributed by atoms with Crippen LogP contribution in [-0.4, -0.2) is 44.2 Å². The zero-order chi connectivity index (χ0) is 14.8. The highest BCUT2D eigenvalue weighted by molar-refractivity contribution is 7.99. The van der Waals surface area contributed by atoms with Crippen molar-refractivity contribution in [3.63, 3.8) is 0 Å². The maximum atomic E-state index is 3.43. The van der Waals surface area contributed by atoms with Gasteiger partial charge in [-0.2, -0.15) is 0 Å².